The van der Waals surface area contributed by atoms with Crippen LogP contribution in [0, 0.1) is 0 Å². The van der Waals surface area contributed by atoms with Gasteiger partial charge in [0.15, 0.2) is 0 Å². The van der Waals surface area contributed by atoms with E-state index in [-0.39, 0.29) is 18.6 Å². The minimum Gasteiger partial charge on any atom is -0.394 e. The molecule has 0 aromatic heterocycles. The third-order valence-corrected chi connectivity index (χ3v) is 4.54. The number of allylic oxidation sites excluding steroid dienone is 2. The second-order valence-corrected chi connectivity index (χ2v) is 6.35. The number of amides is 1. The maximum absolute atomic E-state index is 12.7. The number of hydrogen-bond acceptors (Lipinski definition) is 4. The molecule has 1 unspecified atom stereocenters. The molecule has 1 aliphatic heterocycles. The van der Waals surface area contributed by atoms with Gasteiger partial charge in [0.2, 0.25) is 5.91 Å². The highest BCUT2D eigenvalue weighted by atomic mass is 16.5. The lowest BCUT2D eigenvalue weighted by atomic mass is 10.0. The highest BCUT2D eigenvalue weighted by Crippen LogP contribution is 2.33. The molecule has 5 nitrogen and oxygen atoms in total. The molecule has 1 saturated carbocycles. The molecular weight excluding hydrogens is 268 g/mol. The summed E-state index contributed by atoms with van der Waals surface area (Å²) in [4.78, 5) is 16.9. The molecule has 0 aromatic carbocycles. The predicted octanol–water partition coefficient (Wildman–Crippen LogP) is 1.13. The van der Waals surface area contributed by atoms with Gasteiger partial charge in [-0.1, -0.05) is 6.08 Å². The van der Waals surface area contributed by atoms with E-state index in [4.69, 9.17) is 4.74 Å². The van der Waals surface area contributed by atoms with Crippen molar-refractivity contribution in [2.75, 3.05) is 32.8 Å². The highest BCUT2D eigenvalue weighted by Gasteiger charge is 2.36. The van der Waals surface area contributed by atoms with Crippen molar-refractivity contribution in [3.63, 3.8) is 0 Å². The van der Waals surface area contributed by atoms with Gasteiger partial charge in [-0.3, -0.25) is 9.69 Å². The van der Waals surface area contributed by atoms with Crippen molar-refractivity contribution in [1.29, 1.82) is 0 Å². The van der Waals surface area contributed by atoms with Gasteiger partial charge in [-0.25, -0.2) is 0 Å². The smallest absolute Gasteiger partial charge is 0.241 e. The molecule has 0 aromatic rings. The van der Waals surface area contributed by atoms with E-state index in [1.54, 1.807) is 0 Å². The van der Waals surface area contributed by atoms with E-state index in [1.807, 2.05) is 0 Å². The largest absolute Gasteiger partial charge is 0.394 e. The first-order chi connectivity index (χ1) is 10.3. The molecule has 2 aliphatic carbocycles. The van der Waals surface area contributed by atoms with Gasteiger partial charge >= 0.3 is 0 Å². The zero-order valence-corrected chi connectivity index (χ0v) is 12.7. The highest BCUT2D eigenvalue weighted by molar-refractivity contribution is 5.80. The van der Waals surface area contributed by atoms with Crippen LogP contribution in [0.3, 0.4) is 0 Å². The summed E-state index contributed by atoms with van der Waals surface area (Å²) in [5.41, 5.74) is 1.25. The number of aliphatic hydroxyl groups is 1. The van der Waals surface area contributed by atoms with Gasteiger partial charge in [0.1, 0.15) is 0 Å². The molecule has 1 saturated heterocycles. The number of carbonyl (C=O) groups is 1. The molecule has 1 heterocycles. The van der Waals surface area contributed by atoms with Crippen LogP contribution in [0.5, 0.6) is 0 Å². The first-order valence-corrected chi connectivity index (χ1v) is 8.24. The van der Waals surface area contributed by atoms with E-state index >= 15 is 0 Å². The first-order valence-electron chi connectivity index (χ1n) is 8.24. The van der Waals surface area contributed by atoms with Crippen LogP contribution in [0.4, 0.5) is 0 Å². The number of nitrogens with zero attached hydrogens (tertiary/aromatic N) is 2. The summed E-state index contributed by atoms with van der Waals surface area (Å²) in [7, 11) is 0. The lowest BCUT2D eigenvalue weighted by molar-refractivity contribution is -0.133. The molecule has 21 heavy (non-hydrogen) atoms. The maximum atomic E-state index is 12.7. The summed E-state index contributed by atoms with van der Waals surface area (Å²) in [6, 6.07) is 0.441. The molecule has 5 heteroatoms. The third-order valence-electron chi connectivity index (χ3n) is 4.54. The molecule has 1 atom stereocenters. The van der Waals surface area contributed by atoms with Crippen LogP contribution < -0.4 is 0 Å². The van der Waals surface area contributed by atoms with Gasteiger partial charge in [-0.2, -0.15) is 0 Å². The van der Waals surface area contributed by atoms with Gasteiger partial charge in [0.05, 0.1) is 25.9 Å². The monoisotopic (exact) mass is 294 g/mol. The second-order valence-electron chi connectivity index (χ2n) is 6.35. The van der Waals surface area contributed by atoms with Crippen molar-refractivity contribution in [3.05, 3.63) is 11.8 Å². The lowest BCUT2D eigenvalue weighted by Gasteiger charge is -2.34. The number of ether oxygens (including phenoxy) is 1. The van der Waals surface area contributed by atoms with Gasteiger partial charge in [-0.15, -0.1) is 0 Å². The Morgan fingerprint density at radius 3 is 2.95 bits per heavy atom. The topological polar surface area (TPSA) is 53.0 Å². The number of morpholine rings is 1. The normalized spacial score (nSPS) is 27.3. The Labute approximate surface area is 126 Å². The van der Waals surface area contributed by atoms with Crippen LogP contribution in [0.25, 0.3) is 0 Å². The van der Waals surface area contributed by atoms with Crippen LogP contribution in [-0.2, 0) is 9.53 Å². The van der Waals surface area contributed by atoms with Crippen molar-refractivity contribution in [2.24, 2.45) is 0 Å². The Balaban J connectivity index is 1.60. The SMILES string of the molecule is O=C(CN1CCOC(CO)C1)N(C1=CCCCC1)C1CC1. The van der Waals surface area contributed by atoms with Gasteiger partial charge in [-0.05, 0) is 38.5 Å². The summed E-state index contributed by atoms with van der Waals surface area (Å²) in [5, 5.41) is 9.20. The van der Waals surface area contributed by atoms with E-state index in [0.29, 0.717) is 25.7 Å². The van der Waals surface area contributed by atoms with Gasteiger partial charge < -0.3 is 14.7 Å². The second kappa shape index (κ2) is 6.90. The third kappa shape index (κ3) is 3.84. The lowest BCUT2D eigenvalue weighted by Crippen LogP contribution is -2.49. The fourth-order valence-corrected chi connectivity index (χ4v) is 3.27. The summed E-state index contributed by atoms with van der Waals surface area (Å²) < 4.78 is 5.45. The Kier molecular flexibility index (Phi) is 4.93. The van der Waals surface area contributed by atoms with Crippen molar-refractivity contribution >= 4 is 5.91 Å². The molecule has 118 valence electrons. The molecule has 0 bridgehead atoms. The first kappa shape index (κ1) is 15.0. The minimum absolute atomic E-state index is 0.0299. The molecule has 3 aliphatic rings. The fourth-order valence-electron chi connectivity index (χ4n) is 3.27. The number of rotatable bonds is 5. The number of aliphatic hydroxyl groups excluding tert-OH is 1. The van der Waals surface area contributed by atoms with Gasteiger partial charge in [0.25, 0.3) is 0 Å². The summed E-state index contributed by atoms with van der Waals surface area (Å²) in [5.74, 6) is 0.226. The fraction of sp³-hybridized carbons (Fsp3) is 0.812. The van der Waals surface area contributed by atoms with E-state index in [9.17, 15) is 9.90 Å². The van der Waals surface area contributed by atoms with Crippen LogP contribution in [0.2, 0.25) is 0 Å². The van der Waals surface area contributed by atoms with Crippen molar-refractivity contribution < 1.29 is 14.6 Å². The molecule has 0 radical (unpaired) electrons. The van der Waals surface area contributed by atoms with E-state index in [1.165, 1.54) is 18.5 Å². The maximum Gasteiger partial charge on any atom is 0.241 e. The minimum atomic E-state index is -0.144. The predicted molar refractivity (Wildman–Crippen MR) is 79.7 cm³/mol. The van der Waals surface area contributed by atoms with E-state index in [0.717, 1.165) is 32.2 Å². The molecular formula is C16H26N2O3. The molecule has 0 spiro atoms. The number of carbonyl (C=O) groups excluding carboxylic acids is 1. The van der Waals surface area contributed by atoms with Crippen LogP contribution in [0.15, 0.2) is 11.8 Å². The Hall–Kier alpha value is -0.910. The molecule has 1 amide bonds. The Bertz CT molecular complexity index is 406. The summed E-state index contributed by atoms with van der Waals surface area (Å²) >= 11 is 0. The summed E-state index contributed by atoms with van der Waals surface area (Å²) in [6.45, 7) is 2.51. The van der Waals surface area contributed by atoms with Crippen LogP contribution in [-0.4, -0.2) is 65.8 Å². The molecule has 2 fully saturated rings. The quantitative estimate of drug-likeness (QED) is 0.826. The average Bonchev–Trinajstić information content (AvgIpc) is 3.33. The van der Waals surface area contributed by atoms with Crippen molar-refractivity contribution in [1.82, 2.24) is 9.80 Å². The average molecular weight is 294 g/mol. The van der Waals surface area contributed by atoms with Crippen LogP contribution >= 0.6 is 0 Å². The standard InChI is InChI=1S/C16H26N2O3/c19-12-15-10-17(8-9-21-15)11-16(20)18(14-6-7-14)13-4-2-1-3-5-13/h4,14-15,19H,1-3,5-12H2. The zero-order valence-electron chi connectivity index (χ0n) is 12.7. The summed E-state index contributed by atoms with van der Waals surface area (Å²) in [6.07, 6.45) is 9.01. The Morgan fingerprint density at radius 1 is 1.43 bits per heavy atom. The zero-order chi connectivity index (χ0) is 14.7. The Morgan fingerprint density at radius 2 is 2.29 bits per heavy atom. The molecule has 3 rings (SSSR count). The van der Waals surface area contributed by atoms with Crippen LogP contribution in [0.1, 0.15) is 38.5 Å². The van der Waals surface area contributed by atoms with E-state index in [2.05, 4.69) is 15.9 Å². The van der Waals surface area contributed by atoms with Gasteiger partial charge in [0, 0.05) is 24.8 Å². The number of hydrogen-bond donors (Lipinski definition) is 1. The van der Waals surface area contributed by atoms with Crippen molar-refractivity contribution in [3.8, 4) is 0 Å². The van der Waals surface area contributed by atoms with E-state index < -0.39 is 0 Å². The van der Waals surface area contributed by atoms with Crippen molar-refractivity contribution in [2.45, 2.75) is 50.7 Å². The molecule has 1 N–H and O–H groups in total.